The van der Waals surface area contributed by atoms with Crippen molar-refractivity contribution in [1.82, 2.24) is 0 Å². The summed E-state index contributed by atoms with van der Waals surface area (Å²) in [6.07, 6.45) is 0. The van der Waals surface area contributed by atoms with Crippen molar-refractivity contribution in [3.05, 3.63) is 10.4 Å². The molecule has 0 aliphatic carbocycles. The smallest absolute Gasteiger partial charge is 0.102 e. The normalized spacial score (nSPS) is 13.1. The Labute approximate surface area is 97.7 Å². The lowest BCUT2D eigenvalue weighted by Crippen LogP contribution is -2.36. The number of hydroxylamine groups is 6. The van der Waals surface area contributed by atoms with Crippen molar-refractivity contribution in [3.63, 3.8) is 0 Å². The van der Waals surface area contributed by atoms with Crippen molar-refractivity contribution in [2.24, 2.45) is 0 Å². The largest absolute Gasteiger partial charge is 0.633 e. The van der Waals surface area contributed by atoms with E-state index in [1.807, 2.05) is 0 Å². The molecule has 0 fully saturated rings. The van der Waals surface area contributed by atoms with E-state index in [2.05, 4.69) is 0 Å². The maximum atomic E-state index is 11.1. The van der Waals surface area contributed by atoms with Crippen LogP contribution in [0.2, 0.25) is 0 Å². The fourth-order valence-corrected chi connectivity index (χ4v) is 0.891. The first-order valence-corrected chi connectivity index (χ1v) is 5.44. The van der Waals surface area contributed by atoms with E-state index in [0.717, 1.165) is 0 Å². The van der Waals surface area contributed by atoms with Crippen LogP contribution in [0.1, 0.15) is 0 Å². The van der Waals surface area contributed by atoms with Crippen molar-refractivity contribution < 1.29 is 18.8 Å². The molecule has 0 spiro atoms. The van der Waals surface area contributed by atoms with E-state index in [4.69, 9.17) is 9.47 Å². The minimum atomic E-state index is -0.345. The van der Waals surface area contributed by atoms with Crippen LogP contribution in [0.4, 0.5) is 0 Å². The van der Waals surface area contributed by atoms with E-state index in [0.29, 0.717) is 39.5 Å². The molecule has 0 heterocycles. The summed E-state index contributed by atoms with van der Waals surface area (Å²) in [7, 11) is 6.31. The van der Waals surface area contributed by atoms with Crippen LogP contribution >= 0.6 is 0 Å². The molecular weight excluding hydrogens is 212 g/mol. The van der Waals surface area contributed by atoms with Crippen LogP contribution in [0.15, 0.2) is 0 Å². The summed E-state index contributed by atoms with van der Waals surface area (Å²) >= 11 is 0. The molecule has 0 unspecified atom stereocenters. The van der Waals surface area contributed by atoms with E-state index in [1.54, 1.807) is 28.2 Å². The zero-order valence-corrected chi connectivity index (χ0v) is 10.8. The number of quaternary nitrogens is 2. The second-order valence-corrected chi connectivity index (χ2v) is 4.82. The molecule has 0 bridgehead atoms. The van der Waals surface area contributed by atoms with E-state index in [1.165, 1.54) is 0 Å². The summed E-state index contributed by atoms with van der Waals surface area (Å²) in [5.74, 6) is 0. The van der Waals surface area contributed by atoms with Gasteiger partial charge in [-0.2, -0.15) is 0 Å². The molecule has 0 aliphatic heterocycles. The number of likely N-dealkylation sites (N-methyl/N-ethyl adjacent to an activating group) is 2. The third kappa shape index (κ3) is 13.8. The zero-order chi connectivity index (χ0) is 12.7. The highest BCUT2D eigenvalue weighted by Gasteiger charge is 2.02. The highest BCUT2D eigenvalue weighted by molar-refractivity contribution is 4.36. The van der Waals surface area contributed by atoms with Crippen LogP contribution < -0.4 is 0 Å². The quantitative estimate of drug-likeness (QED) is 0.325. The van der Waals surface area contributed by atoms with Gasteiger partial charge in [0.1, 0.15) is 13.1 Å². The Bertz CT molecular complexity index is 155. The van der Waals surface area contributed by atoms with E-state index >= 15 is 0 Å². The number of hydrogen-bond acceptors (Lipinski definition) is 4. The van der Waals surface area contributed by atoms with Gasteiger partial charge in [-0.15, -0.1) is 0 Å². The molecule has 0 N–H and O–H groups in total. The lowest BCUT2D eigenvalue weighted by Gasteiger charge is -2.33. The fourth-order valence-electron chi connectivity index (χ4n) is 0.891. The van der Waals surface area contributed by atoms with E-state index in [-0.39, 0.29) is 9.29 Å². The zero-order valence-electron chi connectivity index (χ0n) is 10.8. The van der Waals surface area contributed by atoms with Crippen LogP contribution in [0.3, 0.4) is 0 Å². The molecule has 0 saturated carbocycles. The molecule has 16 heavy (non-hydrogen) atoms. The van der Waals surface area contributed by atoms with Crippen LogP contribution in [-0.2, 0) is 9.47 Å². The number of rotatable bonds is 9. The molecule has 0 saturated heterocycles. The van der Waals surface area contributed by atoms with Crippen molar-refractivity contribution in [3.8, 4) is 0 Å². The van der Waals surface area contributed by atoms with Crippen molar-refractivity contribution in [2.45, 2.75) is 0 Å². The Kier molecular flexibility index (Phi) is 7.05. The van der Waals surface area contributed by atoms with Crippen LogP contribution in [-0.4, -0.2) is 77.0 Å². The van der Waals surface area contributed by atoms with Gasteiger partial charge in [-0.05, 0) is 0 Å². The van der Waals surface area contributed by atoms with Gasteiger partial charge >= 0.3 is 0 Å². The Hall–Kier alpha value is -0.240. The van der Waals surface area contributed by atoms with Crippen molar-refractivity contribution in [2.75, 3.05) is 67.7 Å². The van der Waals surface area contributed by atoms with Crippen LogP contribution in [0.25, 0.3) is 0 Å². The molecule has 0 aromatic rings. The lowest BCUT2D eigenvalue weighted by molar-refractivity contribution is -0.840. The van der Waals surface area contributed by atoms with Gasteiger partial charge in [0.05, 0.1) is 54.6 Å². The van der Waals surface area contributed by atoms with Gasteiger partial charge < -0.3 is 29.2 Å². The molecule has 0 aromatic carbocycles. The average molecular weight is 236 g/mol. The van der Waals surface area contributed by atoms with Crippen molar-refractivity contribution in [1.29, 1.82) is 0 Å². The standard InChI is InChI=1S/C10H24N2O4/c1-11(2,13)5-7-15-9-10-16-8-6-12(3,4)14/h5-10H2,1-4H3. The molecule has 0 aromatic heterocycles. The fraction of sp³-hybridized carbons (Fsp3) is 1.00. The molecular formula is C10H24N2O4. The second kappa shape index (κ2) is 7.16. The maximum Gasteiger partial charge on any atom is 0.102 e. The van der Waals surface area contributed by atoms with E-state index in [9.17, 15) is 10.4 Å². The van der Waals surface area contributed by atoms with E-state index < -0.39 is 0 Å². The first-order chi connectivity index (χ1) is 7.21. The molecule has 6 heteroatoms. The summed E-state index contributed by atoms with van der Waals surface area (Å²) in [6, 6.07) is 0. The van der Waals surface area contributed by atoms with Crippen LogP contribution in [0, 0.1) is 10.4 Å². The molecule has 0 atom stereocenters. The molecule has 0 radical (unpaired) electrons. The van der Waals surface area contributed by atoms with Crippen LogP contribution in [0.5, 0.6) is 0 Å². The second-order valence-electron chi connectivity index (χ2n) is 4.82. The summed E-state index contributed by atoms with van der Waals surface area (Å²) in [6.45, 7) is 2.67. The predicted octanol–water partition coefficient (Wildman–Crippen LogP) is 0.168. The van der Waals surface area contributed by atoms with Crippen molar-refractivity contribution >= 4 is 0 Å². The minimum Gasteiger partial charge on any atom is -0.633 e. The Morgan fingerprint density at radius 1 is 0.688 bits per heavy atom. The first kappa shape index (κ1) is 15.8. The molecule has 0 rings (SSSR count). The van der Waals surface area contributed by atoms with Gasteiger partial charge in [-0.1, -0.05) is 0 Å². The first-order valence-electron chi connectivity index (χ1n) is 5.44. The minimum absolute atomic E-state index is 0.345. The van der Waals surface area contributed by atoms with Gasteiger partial charge in [0.2, 0.25) is 0 Å². The van der Waals surface area contributed by atoms with Gasteiger partial charge in [-0.3, -0.25) is 0 Å². The molecule has 6 nitrogen and oxygen atoms in total. The summed E-state index contributed by atoms with van der Waals surface area (Å²) < 4.78 is 9.75. The Morgan fingerprint density at radius 3 is 1.25 bits per heavy atom. The Morgan fingerprint density at radius 2 is 1.00 bits per heavy atom. The third-order valence-electron chi connectivity index (χ3n) is 1.92. The number of hydrogen-bond donors (Lipinski definition) is 0. The molecule has 98 valence electrons. The van der Waals surface area contributed by atoms with Gasteiger partial charge in [0, 0.05) is 0 Å². The average Bonchev–Trinajstić information content (AvgIpc) is 2.06. The summed E-state index contributed by atoms with van der Waals surface area (Å²) in [5, 5.41) is 22.3. The number of nitrogens with zero attached hydrogens (tertiary/aromatic N) is 2. The molecule has 0 amide bonds. The van der Waals surface area contributed by atoms with Gasteiger partial charge in [0.15, 0.2) is 0 Å². The topological polar surface area (TPSA) is 64.6 Å². The van der Waals surface area contributed by atoms with Gasteiger partial charge in [0.25, 0.3) is 0 Å². The lowest BCUT2D eigenvalue weighted by atomic mass is 10.6. The highest BCUT2D eigenvalue weighted by atomic mass is 16.6. The maximum absolute atomic E-state index is 11.1. The monoisotopic (exact) mass is 236 g/mol. The summed E-state index contributed by atoms with van der Waals surface area (Å²) in [5.41, 5.74) is 0. The highest BCUT2D eigenvalue weighted by Crippen LogP contribution is 1.93. The SMILES string of the molecule is C[N+](C)([O-])CCOCCOCC[N+](C)(C)[O-]. The molecule has 0 aliphatic rings. The Balaban J connectivity index is 3.17. The summed E-state index contributed by atoms with van der Waals surface area (Å²) in [4.78, 5) is 0. The predicted molar refractivity (Wildman–Crippen MR) is 62.3 cm³/mol. The third-order valence-corrected chi connectivity index (χ3v) is 1.92. The van der Waals surface area contributed by atoms with Gasteiger partial charge in [-0.25, -0.2) is 0 Å². The number of ether oxygens (including phenoxy) is 2.